The third-order valence-corrected chi connectivity index (χ3v) is 5.46. The Morgan fingerprint density at radius 3 is 2.67 bits per heavy atom. The maximum Gasteiger partial charge on any atom is 0.236 e. The predicted molar refractivity (Wildman–Crippen MR) is 80.8 cm³/mol. The van der Waals surface area contributed by atoms with Crippen LogP contribution in [-0.2, 0) is 4.79 Å². The van der Waals surface area contributed by atoms with Crippen LogP contribution in [0.3, 0.4) is 0 Å². The number of carbonyl (C=O) groups excluding carboxylic acids is 1. The van der Waals surface area contributed by atoms with Crippen LogP contribution in [0.4, 0.5) is 0 Å². The van der Waals surface area contributed by atoms with Crippen molar-refractivity contribution in [2.45, 2.75) is 37.5 Å². The van der Waals surface area contributed by atoms with Crippen LogP contribution in [0.15, 0.2) is 28.7 Å². The molecule has 18 heavy (non-hydrogen) atoms. The van der Waals surface area contributed by atoms with Crippen molar-refractivity contribution >= 4 is 33.6 Å². The first-order valence-electron chi connectivity index (χ1n) is 6.22. The highest BCUT2D eigenvalue weighted by molar-refractivity contribution is 9.10. The van der Waals surface area contributed by atoms with Crippen molar-refractivity contribution in [3.8, 4) is 0 Å². The number of amides is 1. The summed E-state index contributed by atoms with van der Waals surface area (Å²) in [5.74, 6) is 1.26. The van der Waals surface area contributed by atoms with Crippen molar-refractivity contribution in [1.82, 2.24) is 5.32 Å². The second-order valence-corrected chi connectivity index (χ2v) is 7.44. The van der Waals surface area contributed by atoms with Crippen molar-refractivity contribution in [2.24, 2.45) is 0 Å². The van der Waals surface area contributed by atoms with E-state index in [1.54, 1.807) is 11.8 Å². The summed E-state index contributed by atoms with van der Waals surface area (Å²) in [7, 11) is 0. The second kappa shape index (κ2) is 5.66. The molecular weight excluding hydrogens is 310 g/mol. The minimum Gasteiger partial charge on any atom is -0.348 e. The molecule has 0 radical (unpaired) electrons. The van der Waals surface area contributed by atoms with Gasteiger partial charge in [-0.15, -0.1) is 11.8 Å². The first-order valence-corrected chi connectivity index (χ1v) is 7.99. The molecule has 1 N–H and O–H groups in total. The lowest BCUT2D eigenvalue weighted by Crippen LogP contribution is -2.41. The van der Waals surface area contributed by atoms with E-state index < -0.39 is 0 Å². The average molecular weight is 328 g/mol. The normalized spacial score (nSPS) is 24.8. The summed E-state index contributed by atoms with van der Waals surface area (Å²) in [6.45, 7) is 4.08. The van der Waals surface area contributed by atoms with E-state index in [2.05, 4.69) is 21.2 Å². The summed E-state index contributed by atoms with van der Waals surface area (Å²) in [5.41, 5.74) is 1.14. The monoisotopic (exact) mass is 327 g/mol. The molecule has 2 rings (SSSR count). The Labute approximate surface area is 121 Å². The molecule has 1 saturated heterocycles. The fourth-order valence-corrected chi connectivity index (χ4v) is 3.62. The molecule has 0 aromatic heterocycles. The average Bonchev–Trinajstić information content (AvgIpc) is 2.78. The Bertz CT molecular complexity index is 426. The number of nitrogens with one attached hydrogen (secondary N) is 1. The number of halogens is 1. The number of carbonyl (C=O) groups is 1. The van der Waals surface area contributed by atoms with E-state index in [1.165, 1.54) is 0 Å². The lowest BCUT2D eigenvalue weighted by atomic mass is 10.0. The van der Waals surface area contributed by atoms with Gasteiger partial charge in [-0.2, -0.15) is 0 Å². The molecule has 0 saturated carbocycles. The highest BCUT2D eigenvalue weighted by Gasteiger charge is 2.37. The molecule has 98 valence electrons. The van der Waals surface area contributed by atoms with Crippen LogP contribution in [0.1, 0.15) is 38.3 Å². The van der Waals surface area contributed by atoms with Gasteiger partial charge in [0.1, 0.15) is 0 Å². The molecule has 2 atom stereocenters. The van der Waals surface area contributed by atoms with Gasteiger partial charge in [-0.05, 0) is 50.1 Å². The van der Waals surface area contributed by atoms with Crippen LogP contribution in [0.2, 0.25) is 0 Å². The van der Waals surface area contributed by atoms with Crippen LogP contribution < -0.4 is 5.32 Å². The van der Waals surface area contributed by atoms with Crippen molar-refractivity contribution in [2.75, 3.05) is 5.75 Å². The first kappa shape index (κ1) is 13.9. The predicted octanol–water partition coefficient (Wildman–Crippen LogP) is 3.91. The van der Waals surface area contributed by atoms with E-state index in [0.717, 1.165) is 28.6 Å². The van der Waals surface area contributed by atoms with Crippen LogP contribution in [-0.4, -0.2) is 16.4 Å². The zero-order chi connectivity index (χ0) is 13.2. The summed E-state index contributed by atoms with van der Waals surface area (Å²) in [6, 6.07) is 8.15. The SMILES string of the molecule is CC(NC(=O)C1(C)CCCS1)c1ccc(Br)cc1. The van der Waals surface area contributed by atoms with E-state index in [1.807, 2.05) is 38.1 Å². The molecule has 1 aromatic rings. The van der Waals surface area contributed by atoms with E-state index in [-0.39, 0.29) is 16.7 Å². The van der Waals surface area contributed by atoms with Crippen LogP contribution >= 0.6 is 27.7 Å². The fraction of sp³-hybridized carbons (Fsp3) is 0.500. The molecular formula is C14H18BrNOS. The van der Waals surface area contributed by atoms with Gasteiger partial charge in [0.25, 0.3) is 0 Å². The van der Waals surface area contributed by atoms with Gasteiger partial charge in [0.2, 0.25) is 5.91 Å². The molecule has 1 amide bonds. The molecule has 1 aliphatic heterocycles. The zero-order valence-corrected chi connectivity index (χ0v) is 13.1. The molecule has 1 aliphatic rings. The minimum atomic E-state index is -0.233. The molecule has 0 aliphatic carbocycles. The summed E-state index contributed by atoms with van der Waals surface area (Å²) in [5, 5.41) is 3.12. The standard InChI is InChI=1S/C14H18BrNOS/c1-10(11-4-6-12(15)7-5-11)16-13(17)14(2)8-3-9-18-14/h4-7,10H,3,8-9H2,1-2H3,(H,16,17). The molecule has 1 heterocycles. The molecule has 1 fully saturated rings. The lowest BCUT2D eigenvalue weighted by molar-refractivity contribution is -0.123. The van der Waals surface area contributed by atoms with E-state index in [4.69, 9.17) is 0 Å². The Hall–Kier alpha value is -0.480. The highest BCUT2D eigenvalue weighted by atomic mass is 79.9. The number of hydrogen-bond donors (Lipinski definition) is 1. The Morgan fingerprint density at radius 2 is 2.11 bits per heavy atom. The van der Waals surface area contributed by atoms with E-state index in [0.29, 0.717) is 0 Å². The third kappa shape index (κ3) is 3.09. The largest absolute Gasteiger partial charge is 0.348 e. The lowest BCUT2D eigenvalue weighted by Gasteiger charge is -2.24. The van der Waals surface area contributed by atoms with Crippen molar-refractivity contribution in [3.63, 3.8) is 0 Å². The number of rotatable bonds is 3. The van der Waals surface area contributed by atoms with E-state index >= 15 is 0 Å². The van der Waals surface area contributed by atoms with Gasteiger partial charge in [-0.1, -0.05) is 28.1 Å². The van der Waals surface area contributed by atoms with Gasteiger partial charge >= 0.3 is 0 Å². The molecule has 1 aromatic carbocycles. The number of thioether (sulfide) groups is 1. The van der Waals surface area contributed by atoms with Gasteiger partial charge in [0.15, 0.2) is 0 Å². The van der Waals surface area contributed by atoms with E-state index in [9.17, 15) is 4.79 Å². The molecule has 0 spiro atoms. The molecule has 4 heteroatoms. The Kier molecular flexibility index (Phi) is 4.38. The summed E-state index contributed by atoms with van der Waals surface area (Å²) < 4.78 is 0.826. The highest BCUT2D eigenvalue weighted by Crippen LogP contribution is 2.38. The van der Waals surface area contributed by atoms with Gasteiger partial charge in [-0.25, -0.2) is 0 Å². The number of benzene rings is 1. The van der Waals surface area contributed by atoms with Crippen molar-refractivity contribution < 1.29 is 4.79 Å². The van der Waals surface area contributed by atoms with Gasteiger partial charge in [0.05, 0.1) is 10.8 Å². The van der Waals surface area contributed by atoms with Gasteiger partial charge in [0, 0.05) is 4.47 Å². The first-order chi connectivity index (χ1) is 8.51. The second-order valence-electron chi connectivity index (χ2n) is 4.93. The van der Waals surface area contributed by atoms with Crippen molar-refractivity contribution in [3.05, 3.63) is 34.3 Å². The minimum absolute atomic E-state index is 0.0589. The van der Waals surface area contributed by atoms with Crippen LogP contribution in [0.5, 0.6) is 0 Å². The quantitative estimate of drug-likeness (QED) is 0.911. The third-order valence-electron chi connectivity index (χ3n) is 3.42. The van der Waals surface area contributed by atoms with Crippen molar-refractivity contribution in [1.29, 1.82) is 0 Å². The molecule has 0 bridgehead atoms. The topological polar surface area (TPSA) is 29.1 Å². The number of hydrogen-bond acceptors (Lipinski definition) is 2. The fourth-order valence-electron chi connectivity index (χ4n) is 2.14. The molecule has 2 unspecified atom stereocenters. The summed E-state index contributed by atoms with van der Waals surface area (Å²) >= 11 is 5.19. The summed E-state index contributed by atoms with van der Waals surface area (Å²) in [6.07, 6.45) is 2.12. The Balaban J connectivity index is 2.00. The maximum atomic E-state index is 12.3. The van der Waals surface area contributed by atoms with Crippen LogP contribution in [0, 0.1) is 0 Å². The van der Waals surface area contributed by atoms with Gasteiger partial charge in [-0.3, -0.25) is 4.79 Å². The van der Waals surface area contributed by atoms with Crippen LogP contribution in [0.25, 0.3) is 0 Å². The smallest absolute Gasteiger partial charge is 0.236 e. The maximum absolute atomic E-state index is 12.3. The summed E-state index contributed by atoms with van der Waals surface area (Å²) in [4.78, 5) is 12.3. The Morgan fingerprint density at radius 1 is 1.44 bits per heavy atom. The zero-order valence-electron chi connectivity index (χ0n) is 10.7. The van der Waals surface area contributed by atoms with Gasteiger partial charge < -0.3 is 5.32 Å². The molecule has 2 nitrogen and oxygen atoms in total.